The van der Waals surface area contributed by atoms with E-state index in [0.29, 0.717) is 0 Å². The van der Waals surface area contributed by atoms with E-state index in [1.54, 1.807) is 0 Å². The van der Waals surface area contributed by atoms with E-state index in [0.717, 1.165) is 6.08 Å². The minimum Gasteiger partial charge on any atom is -0.291 e. The van der Waals surface area contributed by atoms with Gasteiger partial charge < -0.3 is 0 Å². The highest BCUT2D eigenvalue weighted by Gasteiger charge is 2.22. The minimum atomic E-state index is -1.75. The van der Waals surface area contributed by atoms with Gasteiger partial charge in [0.15, 0.2) is 11.5 Å². The summed E-state index contributed by atoms with van der Waals surface area (Å²) in [5.74, 6) is -0.572. The van der Waals surface area contributed by atoms with Gasteiger partial charge in [0.05, 0.1) is 0 Å². The van der Waals surface area contributed by atoms with E-state index in [1.807, 2.05) is 0 Å². The van der Waals surface area contributed by atoms with Crippen molar-refractivity contribution in [3.8, 4) is 0 Å². The Morgan fingerprint density at radius 3 is 2.12 bits per heavy atom. The maximum absolute atomic E-state index is 12.4. The van der Waals surface area contributed by atoms with E-state index >= 15 is 0 Å². The Morgan fingerprint density at radius 2 is 2.12 bits per heavy atom. The summed E-state index contributed by atoms with van der Waals surface area (Å²) in [6.45, 7) is 5.55. The largest absolute Gasteiger partial charge is 0.291 e. The number of alkyl halides is 1. The van der Waals surface area contributed by atoms with Crippen molar-refractivity contribution in [2.45, 2.75) is 19.5 Å². The molecule has 0 aromatic rings. The number of hydrogen-bond donors (Lipinski definition) is 0. The average Bonchev–Trinajstić information content (AvgIpc) is 1.62. The van der Waals surface area contributed by atoms with E-state index in [-0.39, 0.29) is 0 Å². The molecule has 0 N–H and O–H groups in total. The van der Waals surface area contributed by atoms with Crippen molar-refractivity contribution >= 4 is 5.78 Å². The first-order chi connectivity index (χ1) is 3.48. The van der Waals surface area contributed by atoms with Crippen LogP contribution in [0.3, 0.4) is 0 Å². The maximum atomic E-state index is 12.4. The molecule has 0 aromatic heterocycles. The molecule has 0 aliphatic rings. The van der Waals surface area contributed by atoms with Crippen LogP contribution in [-0.4, -0.2) is 11.5 Å². The molecule has 0 rings (SSSR count). The van der Waals surface area contributed by atoms with Crippen molar-refractivity contribution in [2.75, 3.05) is 0 Å². The van der Waals surface area contributed by atoms with Crippen LogP contribution >= 0.6 is 0 Å². The van der Waals surface area contributed by atoms with Crippen molar-refractivity contribution in [1.82, 2.24) is 0 Å². The van der Waals surface area contributed by atoms with E-state index in [9.17, 15) is 9.18 Å². The second kappa shape index (κ2) is 2.07. The lowest BCUT2D eigenvalue weighted by molar-refractivity contribution is -0.123. The molecule has 0 fully saturated rings. The quantitative estimate of drug-likeness (QED) is 0.499. The van der Waals surface area contributed by atoms with Gasteiger partial charge in [-0.25, -0.2) is 4.39 Å². The molecule has 0 radical (unpaired) electrons. The second-order valence-electron chi connectivity index (χ2n) is 2.04. The molecule has 0 spiro atoms. The van der Waals surface area contributed by atoms with Crippen LogP contribution in [0, 0.1) is 0 Å². The Morgan fingerprint density at radius 1 is 1.75 bits per heavy atom. The smallest absolute Gasteiger partial charge is 0.191 e. The zero-order valence-electron chi connectivity index (χ0n) is 5.07. The molecule has 46 valence electrons. The number of ketones is 1. The number of carbonyl (C=O) groups is 1. The summed E-state index contributed by atoms with van der Waals surface area (Å²) in [7, 11) is 0. The maximum Gasteiger partial charge on any atom is 0.191 e. The van der Waals surface area contributed by atoms with Gasteiger partial charge >= 0.3 is 0 Å². The molecule has 0 aliphatic heterocycles. The minimum absolute atomic E-state index is 0.572. The standard InChI is InChI=1S/C6H9FO/c1-4-5(8)6(2,3)7/h4H,1H2,2-3H3. The first-order valence-corrected chi connectivity index (χ1v) is 2.34. The van der Waals surface area contributed by atoms with Crippen LogP contribution in [0.2, 0.25) is 0 Å². The molecular formula is C6H9FO. The molecule has 0 amide bonds. The molecule has 8 heavy (non-hydrogen) atoms. The van der Waals surface area contributed by atoms with Gasteiger partial charge in [0, 0.05) is 0 Å². The van der Waals surface area contributed by atoms with Gasteiger partial charge in [-0.05, 0) is 19.9 Å². The topological polar surface area (TPSA) is 17.1 Å². The predicted octanol–water partition coefficient (Wildman–Crippen LogP) is 1.49. The summed E-state index contributed by atoms with van der Waals surface area (Å²) < 4.78 is 12.4. The van der Waals surface area contributed by atoms with Gasteiger partial charge in [0.25, 0.3) is 0 Å². The SMILES string of the molecule is C=CC(=O)C(C)(C)F. The normalized spacial score (nSPS) is 10.9. The van der Waals surface area contributed by atoms with E-state index in [4.69, 9.17) is 0 Å². The van der Waals surface area contributed by atoms with Gasteiger partial charge in [-0.2, -0.15) is 0 Å². The summed E-state index contributed by atoms with van der Waals surface area (Å²) in [4.78, 5) is 10.3. The fraction of sp³-hybridized carbons (Fsp3) is 0.500. The van der Waals surface area contributed by atoms with Crippen molar-refractivity contribution in [2.24, 2.45) is 0 Å². The average molecular weight is 116 g/mol. The number of allylic oxidation sites excluding steroid dienone is 1. The van der Waals surface area contributed by atoms with Gasteiger partial charge in [-0.1, -0.05) is 6.58 Å². The summed E-state index contributed by atoms with van der Waals surface area (Å²) in [5, 5.41) is 0. The van der Waals surface area contributed by atoms with Gasteiger partial charge in [-0.3, -0.25) is 4.79 Å². The Balaban J connectivity index is 4.02. The molecular weight excluding hydrogens is 107 g/mol. The molecule has 0 aliphatic carbocycles. The van der Waals surface area contributed by atoms with Crippen LogP contribution in [0.15, 0.2) is 12.7 Å². The van der Waals surface area contributed by atoms with Crippen molar-refractivity contribution < 1.29 is 9.18 Å². The molecule has 0 atom stereocenters. The van der Waals surface area contributed by atoms with E-state index in [2.05, 4.69) is 6.58 Å². The highest BCUT2D eigenvalue weighted by molar-refractivity contribution is 5.95. The highest BCUT2D eigenvalue weighted by atomic mass is 19.1. The van der Waals surface area contributed by atoms with Crippen LogP contribution in [0.1, 0.15) is 13.8 Å². The number of carbonyl (C=O) groups excluding carboxylic acids is 1. The van der Waals surface area contributed by atoms with Crippen LogP contribution in [0.25, 0.3) is 0 Å². The number of hydrogen-bond acceptors (Lipinski definition) is 1. The summed E-state index contributed by atoms with van der Waals surface area (Å²) >= 11 is 0. The monoisotopic (exact) mass is 116 g/mol. The lowest BCUT2D eigenvalue weighted by Crippen LogP contribution is -2.23. The van der Waals surface area contributed by atoms with Crippen molar-refractivity contribution in [3.05, 3.63) is 12.7 Å². The Hall–Kier alpha value is -0.660. The predicted molar refractivity (Wildman–Crippen MR) is 30.4 cm³/mol. The van der Waals surface area contributed by atoms with Crippen LogP contribution in [-0.2, 0) is 4.79 Å². The summed E-state index contributed by atoms with van der Waals surface area (Å²) in [5.41, 5.74) is -1.75. The van der Waals surface area contributed by atoms with Gasteiger partial charge in [0.2, 0.25) is 0 Å². The van der Waals surface area contributed by atoms with Gasteiger partial charge in [0.1, 0.15) is 0 Å². The Bertz CT molecular complexity index is 110. The third kappa shape index (κ3) is 1.87. The Kier molecular flexibility index (Phi) is 1.90. The zero-order valence-corrected chi connectivity index (χ0v) is 5.07. The molecule has 0 saturated heterocycles. The zero-order chi connectivity index (χ0) is 6.78. The molecule has 0 bridgehead atoms. The summed E-state index contributed by atoms with van der Waals surface area (Å²) in [6.07, 6.45) is 0.986. The van der Waals surface area contributed by atoms with Crippen LogP contribution in [0.5, 0.6) is 0 Å². The first-order valence-electron chi connectivity index (χ1n) is 2.34. The Labute approximate surface area is 48.2 Å². The third-order valence-corrected chi connectivity index (χ3v) is 0.771. The number of rotatable bonds is 2. The van der Waals surface area contributed by atoms with Crippen LogP contribution in [0.4, 0.5) is 4.39 Å². The molecule has 1 nitrogen and oxygen atoms in total. The number of halogens is 1. The molecule has 0 heterocycles. The molecule has 0 aromatic carbocycles. The molecule has 0 saturated carbocycles. The highest BCUT2D eigenvalue weighted by Crippen LogP contribution is 2.08. The third-order valence-electron chi connectivity index (χ3n) is 0.771. The molecule has 2 heteroatoms. The van der Waals surface area contributed by atoms with Crippen LogP contribution < -0.4 is 0 Å². The van der Waals surface area contributed by atoms with E-state index in [1.165, 1.54) is 13.8 Å². The lowest BCUT2D eigenvalue weighted by atomic mass is 10.1. The molecule has 0 unspecified atom stereocenters. The van der Waals surface area contributed by atoms with E-state index < -0.39 is 11.5 Å². The second-order valence-corrected chi connectivity index (χ2v) is 2.04. The van der Waals surface area contributed by atoms with Crippen molar-refractivity contribution in [3.63, 3.8) is 0 Å². The van der Waals surface area contributed by atoms with Crippen molar-refractivity contribution in [1.29, 1.82) is 0 Å². The lowest BCUT2D eigenvalue weighted by Gasteiger charge is -2.06. The first kappa shape index (κ1) is 7.34. The fourth-order valence-corrected chi connectivity index (χ4v) is 0.243. The van der Waals surface area contributed by atoms with Gasteiger partial charge in [-0.15, -0.1) is 0 Å². The fourth-order valence-electron chi connectivity index (χ4n) is 0.243. The summed E-state index contributed by atoms with van der Waals surface area (Å²) in [6, 6.07) is 0.